The highest BCUT2D eigenvalue weighted by molar-refractivity contribution is 5.88. The quantitative estimate of drug-likeness (QED) is 0.859. The van der Waals surface area contributed by atoms with Gasteiger partial charge in [-0.1, -0.05) is 6.92 Å². The van der Waals surface area contributed by atoms with Crippen LogP contribution < -0.4 is 4.74 Å². The van der Waals surface area contributed by atoms with Crippen molar-refractivity contribution < 1.29 is 14.6 Å². The van der Waals surface area contributed by atoms with Gasteiger partial charge in [0.15, 0.2) is 0 Å². The Bertz CT molecular complexity index is 455. The zero-order chi connectivity index (χ0) is 14.6. The van der Waals surface area contributed by atoms with Crippen molar-refractivity contribution in [2.75, 3.05) is 14.2 Å². The van der Waals surface area contributed by atoms with Gasteiger partial charge in [-0.25, -0.2) is 4.79 Å². The number of methoxy groups -OCH3 is 1. The van der Waals surface area contributed by atoms with E-state index in [2.05, 4.69) is 25.7 Å². The number of benzene rings is 1. The molecule has 0 aliphatic heterocycles. The third kappa shape index (κ3) is 3.70. The Morgan fingerprint density at radius 2 is 2.05 bits per heavy atom. The lowest BCUT2D eigenvalue weighted by Crippen LogP contribution is -2.39. The van der Waals surface area contributed by atoms with Crippen LogP contribution in [-0.2, 0) is 6.54 Å². The maximum absolute atomic E-state index is 11.0. The van der Waals surface area contributed by atoms with Crippen LogP contribution in [0, 0.1) is 0 Å². The fourth-order valence-corrected chi connectivity index (χ4v) is 1.77. The minimum absolute atomic E-state index is 0.0598. The van der Waals surface area contributed by atoms with Crippen molar-refractivity contribution in [1.82, 2.24) is 4.90 Å². The van der Waals surface area contributed by atoms with E-state index in [1.807, 2.05) is 7.05 Å². The minimum Gasteiger partial charge on any atom is -0.496 e. The van der Waals surface area contributed by atoms with E-state index in [1.165, 1.54) is 0 Å². The summed E-state index contributed by atoms with van der Waals surface area (Å²) in [4.78, 5) is 13.2. The van der Waals surface area contributed by atoms with Crippen LogP contribution in [0.15, 0.2) is 18.2 Å². The summed E-state index contributed by atoms with van der Waals surface area (Å²) >= 11 is 0. The van der Waals surface area contributed by atoms with E-state index >= 15 is 0 Å². The van der Waals surface area contributed by atoms with E-state index in [4.69, 9.17) is 9.84 Å². The van der Waals surface area contributed by atoms with E-state index in [-0.39, 0.29) is 5.54 Å². The lowest BCUT2D eigenvalue weighted by atomic mass is 9.98. The number of nitrogens with zero attached hydrogens (tertiary/aromatic N) is 1. The number of aromatic carboxylic acids is 1. The van der Waals surface area contributed by atoms with Crippen molar-refractivity contribution >= 4 is 5.97 Å². The van der Waals surface area contributed by atoms with Crippen LogP contribution in [0.1, 0.15) is 43.1 Å². The average Bonchev–Trinajstić information content (AvgIpc) is 2.38. The van der Waals surface area contributed by atoms with Crippen LogP contribution in [0.5, 0.6) is 5.75 Å². The van der Waals surface area contributed by atoms with Gasteiger partial charge in [0.2, 0.25) is 0 Å². The fourth-order valence-electron chi connectivity index (χ4n) is 1.77. The van der Waals surface area contributed by atoms with E-state index < -0.39 is 5.97 Å². The molecule has 1 aromatic rings. The molecule has 0 atom stereocenters. The molecule has 4 nitrogen and oxygen atoms in total. The number of hydrogen-bond donors (Lipinski definition) is 1. The average molecular weight is 265 g/mol. The fraction of sp³-hybridized carbons (Fsp3) is 0.533. The summed E-state index contributed by atoms with van der Waals surface area (Å²) < 4.78 is 5.31. The van der Waals surface area contributed by atoms with Crippen LogP contribution in [0.25, 0.3) is 0 Å². The number of carboxylic acid groups (broad SMARTS) is 1. The Labute approximate surface area is 115 Å². The molecular weight excluding hydrogens is 242 g/mol. The zero-order valence-electron chi connectivity index (χ0n) is 12.4. The first-order valence-corrected chi connectivity index (χ1v) is 6.43. The van der Waals surface area contributed by atoms with Crippen LogP contribution in [0.3, 0.4) is 0 Å². The standard InChI is InChI=1S/C15H23NO3/c1-6-15(2,3)16(4)10-12-9-11(14(17)18)7-8-13(12)19-5/h7-9H,6,10H2,1-5H3,(H,17,18). The molecule has 0 aromatic heterocycles. The second-order valence-corrected chi connectivity index (χ2v) is 5.35. The van der Waals surface area contributed by atoms with E-state index in [9.17, 15) is 4.79 Å². The highest BCUT2D eigenvalue weighted by Crippen LogP contribution is 2.25. The van der Waals surface area contributed by atoms with Crippen molar-refractivity contribution in [2.45, 2.75) is 39.3 Å². The monoisotopic (exact) mass is 265 g/mol. The summed E-state index contributed by atoms with van der Waals surface area (Å²) in [6.07, 6.45) is 1.02. The van der Waals surface area contributed by atoms with Crippen LogP contribution in [-0.4, -0.2) is 35.7 Å². The van der Waals surface area contributed by atoms with Gasteiger partial charge in [0.05, 0.1) is 12.7 Å². The van der Waals surface area contributed by atoms with Gasteiger partial charge in [-0.2, -0.15) is 0 Å². The van der Waals surface area contributed by atoms with Gasteiger partial charge in [0.1, 0.15) is 5.75 Å². The zero-order valence-corrected chi connectivity index (χ0v) is 12.4. The summed E-state index contributed by atoms with van der Waals surface area (Å²) in [5.41, 5.74) is 1.24. The van der Waals surface area contributed by atoms with Gasteiger partial charge in [-0.05, 0) is 45.5 Å². The summed E-state index contributed by atoms with van der Waals surface area (Å²) in [5, 5.41) is 9.06. The van der Waals surface area contributed by atoms with Crippen molar-refractivity contribution in [3.8, 4) is 5.75 Å². The van der Waals surface area contributed by atoms with Crippen molar-refractivity contribution in [2.24, 2.45) is 0 Å². The normalized spacial score (nSPS) is 11.7. The second kappa shape index (κ2) is 6.06. The lowest BCUT2D eigenvalue weighted by molar-refractivity contribution is 0.0696. The van der Waals surface area contributed by atoms with Crippen molar-refractivity contribution in [3.63, 3.8) is 0 Å². The molecule has 1 aromatic carbocycles. The summed E-state index contributed by atoms with van der Waals surface area (Å²) in [6.45, 7) is 7.13. The topological polar surface area (TPSA) is 49.8 Å². The lowest BCUT2D eigenvalue weighted by Gasteiger charge is -2.35. The molecule has 19 heavy (non-hydrogen) atoms. The molecule has 0 saturated heterocycles. The molecule has 1 N–H and O–H groups in total. The Morgan fingerprint density at radius 3 is 2.53 bits per heavy atom. The molecule has 0 unspecified atom stereocenters. The third-order valence-electron chi connectivity index (χ3n) is 3.83. The number of carbonyl (C=O) groups is 1. The van der Waals surface area contributed by atoms with Crippen LogP contribution in [0.2, 0.25) is 0 Å². The summed E-state index contributed by atoms with van der Waals surface area (Å²) in [6, 6.07) is 4.96. The smallest absolute Gasteiger partial charge is 0.335 e. The first kappa shape index (κ1) is 15.5. The predicted octanol–water partition coefficient (Wildman–Crippen LogP) is 3.01. The second-order valence-electron chi connectivity index (χ2n) is 5.35. The first-order valence-electron chi connectivity index (χ1n) is 6.43. The molecule has 0 spiro atoms. The Morgan fingerprint density at radius 1 is 1.42 bits per heavy atom. The third-order valence-corrected chi connectivity index (χ3v) is 3.83. The van der Waals surface area contributed by atoms with Gasteiger partial charge in [-0.15, -0.1) is 0 Å². The van der Waals surface area contributed by atoms with Crippen molar-refractivity contribution in [3.05, 3.63) is 29.3 Å². The van der Waals surface area contributed by atoms with Crippen LogP contribution in [0.4, 0.5) is 0 Å². The Hall–Kier alpha value is -1.55. The molecule has 4 heteroatoms. The summed E-state index contributed by atoms with van der Waals surface area (Å²) in [5.74, 6) is -0.190. The Kier molecular flexibility index (Phi) is 4.95. The van der Waals surface area contributed by atoms with Crippen LogP contribution >= 0.6 is 0 Å². The molecule has 0 heterocycles. The molecule has 0 bridgehead atoms. The largest absolute Gasteiger partial charge is 0.496 e. The number of carboxylic acids is 1. The highest BCUT2D eigenvalue weighted by atomic mass is 16.5. The Balaban J connectivity index is 3.04. The maximum Gasteiger partial charge on any atom is 0.335 e. The highest BCUT2D eigenvalue weighted by Gasteiger charge is 2.22. The molecule has 0 radical (unpaired) electrons. The van der Waals surface area contributed by atoms with Gasteiger partial charge in [0, 0.05) is 17.6 Å². The van der Waals surface area contributed by atoms with Gasteiger partial charge < -0.3 is 9.84 Å². The minimum atomic E-state index is -0.915. The van der Waals surface area contributed by atoms with E-state index in [1.54, 1.807) is 25.3 Å². The van der Waals surface area contributed by atoms with Gasteiger partial charge >= 0.3 is 5.97 Å². The molecule has 1 rings (SSSR count). The van der Waals surface area contributed by atoms with E-state index in [0.29, 0.717) is 12.1 Å². The number of ether oxygens (including phenoxy) is 1. The number of hydrogen-bond acceptors (Lipinski definition) is 3. The molecule has 0 saturated carbocycles. The van der Waals surface area contributed by atoms with E-state index in [0.717, 1.165) is 17.7 Å². The van der Waals surface area contributed by atoms with Crippen molar-refractivity contribution in [1.29, 1.82) is 0 Å². The number of rotatable bonds is 6. The molecule has 106 valence electrons. The molecular formula is C15H23NO3. The van der Waals surface area contributed by atoms with Gasteiger partial charge in [-0.3, -0.25) is 4.90 Å². The van der Waals surface area contributed by atoms with Gasteiger partial charge in [0.25, 0.3) is 0 Å². The maximum atomic E-state index is 11.0. The first-order chi connectivity index (χ1) is 8.81. The molecule has 0 fully saturated rings. The molecule has 0 aliphatic carbocycles. The summed E-state index contributed by atoms with van der Waals surface area (Å²) in [7, 11) is 3.64. The molecule has 0 aliphatic rings. The predicted molar refractivity (Wildman–Crippen MR) is 75.8 cm³/mol. The SMILES string of the molecule is CCC(C)(C)N(C)Cc1cc(C(=O)O)ccc1OC. The molecule has 0 amide bonds.